The van der Waals surface area contributed by atoms with Gasteiger partial charge in [-0.3, -0.25) is 19.6 Å². The number of carbonyl (C=O) groups is 1. The van der Waals surface area contributed by atoms with Crippen molar-refractivity contribution in [3.8, 4) is 0 Å². The van der Waals surface area contributed by atoms with Crippen molar-refractivity contribution < 1.29 is 14.5 Å². The minimum atomic E-state index is -0.652. The predicted octanol–water partition coefficient (Wildman–Crippen LogP) is 0.771. The number of hydrogen-bond donors (Lipinski definition) is 1. The molecule has 0 saturated heterocycles. The molecule has 112 valence electrons. The predicted molar refractivity (Wildman–Crippen MR) is 71.7 cm³/mol. The lowest BCUT2D eigenvalue weighted by Crippen LogP contribution is -2.17. The van der Waals surface area contributed by atoms with Gasteiger partial charge >= 0.3 is 5.69 Å². The maximum absolute atomic E-state index is 12.1. The highest BCUT2D eigenvalue weighted by molar-refractivity contribution is 6.05. The van der Waals surface area contributed by atoms with Crippen LogP contribution in [0.15, 0.2) is 18.6 Å². The number of carbonyl (C=O) groups excluding carboxylic acids is 1. The molecule has 1 N–H and O–H groups in total. The van der Waals surface area contributed by atoms with E-state index >= 15 is 0 Å². The van der Waals surface area contributed by atoms with E-state index in [4.69, 9.17) is 4.74 Å². The van der Waals surface area contributed by atoms with Crippen molar-refractivity contribution in [2.75, 3.05) is 11.9 Å². The Labute approximate surface area is 119 Å². The summed E-state index contributed by atoms with van der Waals surface area (Å²) in [6.07, 6.45) is 4.03. The van der Waals surface area contributed by atoms with Crippen LogP contribution >= 0.6 is 0 Å². The van der Waals surface area contributed by atoms with Gasteiger partial charge in [-0.2, -0.15) is 10.2 Å². The number of aromatic nitrogens is 4. The molecular formula is C11H14N6O4. The molecular weight excluding hydrogens is 280 g/mol. The molecule has 1 amide bonds. The summed E-state index contributed by atoms with van der Waals surface area (Å²) in [4.78, 5) is 22.3. The summed E-state index contributed by atoms with van der Waals surface area (Å²) in [7, 11) is 1.46. The Morgan fingerprint density at radius 3 is 2.90 bits per heavy atom. The number of nitro groups is 1. The minimum absolute atomic E-state index is 0.127. The van der Waals surface area contributed by atoms with Crippen molar-refractivity contribution in [3.63, 3.8) is 0 Å². The number of amides is 1. The van der Waals surface area contributed by atoms with Crippen LogP contribution in [0.2, 0.25) is 0 Å². The summed E-state index contributed by atoms with van der Waals surface area (Å²) >= 11 is 0. The van der Waals surface area contributed by atoms with Crippen LogP contribution in [-0.4, -0.2) is 37.0 Å². The molecule has 2 aromatic heterocycles. The number of ether oxygens (including phenoxy) is 1. The molecule has 0 radical (unpaired) electrons. The third-order valence-electron chi connectivity index (χ3n) is 2.65. The van der Waals surface area contributed by atoms with E-state index in [-0.39, 0.29) is 18.1 Å². The molecule has 10 nitrogen and oxygen atoms in total. The molecule has 0 spiro atoms. The Morgan fingerprint density at radius 1 is 1.48 bits per heavy atom. The Hall–Kier alpha value is -2.75. The maximum Gasteiger partial charge on any atom is 0.320 e. The number of nitrogens with one attached hydrogen (secondary N) is 1. The van der Waals surface area contributed by atoms with Gasteiger partial charge in [-0.05, 0) is 6.92 Å². The molecule has 0 fully saturated rings. The smallest absolute Gasteiger partial charge is 0.320 e. The first-order chi connectivity index (χ1) is 10.0. The van der Waals surface area contributed by atoms with Crippen LogP contribution in [0.1, 0.15) is 17.4 Å². The van der Waals surface area contributed by atoms with Gasteiger partial charge in [-0.15, -0.1) is 0 Å². The maximum atomic E-state index is 12.1. The molecule has 0 aromatic carbocycles. The summed E-state index contributed by atoms with van der Waals surface area (Å²) in [5.74, 6) is -0.627. The van der Waals surface area contributed by atoms with Gasteiger partial charge < -0.3 is 10.1 Å². The third kappa shape index (κ3) is 3.23. The number of anilines is 1. The van der Waals surface area contributed by atoms with E-state index in [0.717, 1.165) is 10.9 Å². The highest BCUT2D eigenvalue weighted by Crippen LogP contribution is 2.18. The van der Waals surface area contributed by atoms with E-state index < -0.39 is 10.8 Å². The van der Waals surface area contributed by atoms with Crippen LogP contribution in [-0.2, 0) is 18.5 Å². The monoisotopic (exact) mass is 294 g/mol. The number of hydrogen-bond acceptors (Lipinski definition) is 6. The van der Waals surface area contributed by atoms with Gasteiger partial charge in [0.1, 0.15) is 12.9 Å². The van der Waals surface area contributed by atoms with Crippen molar-refractivity contribution >= 4 is 17.3 Å². The fourth-order valence-corrected chi connectivity index (χ4v) is 1.70. The van der Waals surface area contributed by atoms with Gasteiger partial charge in [-0.1, -0.05) is 0 Å². The zero-order valence-corrected chi connectivity index (χ0v) is 11.5. The lowest BCUT2D eigenvalue weighted by atomic mass is 10.3. The first kappa shape index (κ1) is 14.7. The molecule has 2 rings (SSSR count). The van der Waals surface area contributed by atoms with Crippen LogP contribution in [0, 0.1) is 10.1 Å². The van der Waals surface area contributed by atoms with Crippen LogP contribution in [0.3, 0.4) is 0 Å². The third-order valence-corrected chi connectivity index (χ3v) is 2.65. The average Bonchev–Trinajstić information content (AvgIpc) is 3.03. The Morgan fingerprint density at radius 2 is 2.24 bits per heavy atom. The van der Waals surface area contributed by atoms with Crippen LogP contribution in [0.25, 0.3) is 0 Å². The zero-order chi connectivity index (χ0) is 15.4. The van der Waals surface area contributed by atoms with Crippen molar-refractivity contribution in [2.24, 2.45) is 7.05 Å². The topological polar surface area (TPSA) is 117 Å². The second-order valence-electron chi connectivity index (χ2n) is 4.10. The average molecular weight is 294 g/mol. The molecule has 21 heavy (non-hydrogen) atoms. The van der Waals surface area contributed by atoms with E-state index in [1.165, 1.54) is 17.9 Å². The fourth-order valence-electron chi connectivity index (χ4n) is 1.70. The van der Waals surface area contributed by atoms with Gasteiger partial charge in [-0.25, -0.2) is 4.68 Å². The Bertz CT molecular complexity index is 661. The van der Waals surface area contributed by atoms with E-state index in [1.54, 1.807) is 6.20 Å². The molecule has 0 aliphatic rings. The Kier molecular flexibility index (Phi) is 4.28. The van der Waals surface area contributed by atoms with Gasteiger partial charge in [0, 0.05) is 13.7 Å². The van der Waals surface area contributed by atoms with E-state index in [9.17, 15) is 14.9 Å². The molecule has 2 heterocycles. The van der Waals surface area contributed by atoms with Crippen LogP contribution in [0.5, 0.6) is 0 Å². The van der Waals surface area contributed by atoms with Gasteiger partial charge in [0.25, 0.3) is 5.91 Å². The molecule has 0 aliphatic carbocycles. The lowest BCUT2D eigenvalue weighted by molar-refractivity contribution is -0.385. The first-order valence-corrected chi connectivity index (χ1v) is 6.11. The molecule has 0 unspecified atom stereocenters. The molecule has 0 saturated carbocycles. The molecule has 0 aliphatic heterocycles. The largest absolute Gasteiger partial charge is 0.360 e. The summed E-state index contributed by atoms with van der Waals surface area (Å²) in [5, 5.41) is 21.1. The van der Waals surface area contributed by atoms with Crippen molar-refractivity contribution in [3.05, 3.63) is 34.4 Å². The lowest BCUT2D eigenvalue weighted by Gasteiger charge is -2.02. The van der Waals surface area contributed by atoms with Crippen molar-refractivity contribution in [1.82, 2.24) is 19.6 Å². The summed E-state index contributed by atoms with van der Waals surface area (Å²) in [5.41, 5.74) is -0.0653. The second kappa shape index (κ2) is 6.13. The molecule has 10 heteroatoms. The first-order valence-electron chi connectivity index (χ1n) is 6.11. The second-order valence-corrected chi connectivity index (χ2v) is 4.10. The molecule has 2 aromatic rings. The van der Waals surface area contributed by atoms with E-state index in [0.29, 0.717) is 12.3 Å². The minimum Gasteiger partial charge on any atom is -0.360 e. The SMILES string of the molecule is CCOCn1cc(NC(=O)c2c([N+](=O)[O-])cnn2C)cn1. The normalized spacial score (nSPS) is 10.6. The highest BCUT2D eigenvalue weighted by Gasteiger charge is 2.25. The summed E-state index contributed by atoms with van der Waals surface area (Å²) in [6, 6.07) is 0. The van der Waals surface area contributed by atoms with Gasteiger partial charge in [0.2, 0.25) is 5.69 Å². The number of nitrogens with zero attached hydrogens (tertiary/aromatic N) is 5. The number of rotatable bonds is 6. The van der Waals surface area contributed by atoms with Crippen LogP contribution in [0.4, 0.5) is 11.4 Å². The molecule has 0 atom stereocenters. The zero-order valence-electron chi connectivity index (χ0n) is 11.5. The summed E-state index contributed by atoms with van der Waals surface area (Å²) < 4.78 is 7.81. The van der Waals surface area contributed by atoms with Gasteiger partial charge in [0.05, 0.1) is 23.0 Å². The highest BCUT2D eigenvalue weighted by atomic mass is 16.6. The summed E-state index contributed by atoms with van der Waals surface area (Å²) in [6.45, 7) is 2.66. The van der Waals surface area contributed by atoms with Crippen LogP contribution < -0.4 is 5.32 Å². The van der Waals surface area contributed by atoms with Gasteiger partial charge in [0.15, 0.2) is 0 Å². The quantitative estimate of drug-likeness (QED) is 0.621. The Balaban J connectivity index is 2.13. The van der Waals surface area contributed by atoms with E-state index in [2.05, 4.69) is 15.5 Å². The van der Waals surface area contributed by atoms with Crippen molar-refractivity contribution in [1.29, 1.82) is 0 Å². The van der Waals surface area contributed by atoms with Crippen molar-refractivity contribution in [2.45, 2.75) is 13.7 Å². The number of aryl methyl sites for hydroxylation is 1. The molecule has 0 bridgehead atoms. The standard InChI is InChI=1S/C11H14N6O4/c1-3-21-7-16-6-8(4-13-16)14-11(18)10-9(17(19)20)5-12-15(10)2/h4-6H,3,7H2,1-2H3,(H,14,18). The fraction of sp³-hybridized carbons (Fsp3) is 0.364. The van der Waals surface area contributed by atoms with E-state index in [1.807, 2.05) is 6.92 Å².